The fourth-order valence-corrected chi connectivity index (χ4v) is 2.58. The van der Waals surface area contributed by atoms with Crippen LogP contribution in [0.2, 0.25) is 0 Å². The molecule has 0 radical (unpaired) electrons. The van der Waals surface area contributed by atoms with Gasteiger partial charge in [0.15, 0.2) is 11.6 Å². The normalized spacial score (nSPS) is 17.3. The van der Waals surface area contributed by atoms with Crippen molar-refractivity contribution in [3.8, 4) is 0 Å². The van der Waals surface area contributed by atoms with Crippen molar-refractivity contribution in [3.05, 3.63) is 35.4 Å². The first kappa shape index (κ1) is 17.8. The molecule has 1 N–H and O–H groups in total. The molecule has 23 heavy (non-hydrogen) atoms. The van der Waals surface area contributed by atoms with Crippen LogP contribution in [0.5, 0.6) is 0 Å². The molecule has 1 fully saturated rings. The van der Waals surface area contributed by atoms with Gasteiger partial charge in [0, 0.05) is 39.3 Å². The fraction of sp³-hybridized carbons (Fsp3) is 0.562. The lowest BCUT2D eigenvalue weighted by molar-refractivity contribution is 0.0110. The van der Waals surface area contributed by atoms with E-state index in [0.29, 0.717) is 39.3 Å². The molecule has 0 saturated carbocycles. The summed E-state index contributed by atoms with van der Waals surface area (Å²) in [5.41, 5.74) is -0.241. The maximum absolute atomic E-state index is 13.7. The predicted octanol–water partition coefficient (Wildman–Crippen LogP) is 1.12. The van der Waals surface area contributed by atoms with Gasteiger partial charge in [0.1, 0.15) is 0 Å². The molecule has 1 saturated heterocycles. The number of ether oxygens (including phenoxy) is 1. The Bertz CT molecular complexity index is 534. The highest BCUT2D eigenvalue weighted by Gasteiger charge is 2.25. The zero-order valence-corrected chi connectivity index (χ0v) is 13.2. The average molecular weight is 328 g/mol. The van der Waals surface area contributed by atoms with Gasteiger partial charge in [-0.05, 0) is 19.1 Å². The monoisotopic (exact) mass is 328 g/mol. The standard InChI is InChI=1S/C16H22F2N2O3/c1-2-23-11-12(21)10-19-6-8-20(9-7-19)16(22)13-4-3-5-14(17)15(13)18/h3-5,12,21H,2,6-11H2,1H3/t12-/m1/s1. The molecule has 0 unspecified atom stereocenters. The van der Waals surface area contributed by atoms with Crippen LogP contribution in [0.25, 0.3) is 0 Å². The number of hydrogen-bond acceptors (Lipinski definition) is 4. The Morgan fingerprint density at radius 3 is 2.65 bits per heavy atom. The molecule has 1 amide bonds. The Kier molecular flexibility index (Phi) is 6.44. The molecule has 1 aliphatic rings. The first-order valence-electron chi connectivity index (χ1n) is 7.74. The summed E-state index contributed by atoms with van der Waals surface area (Å²) in [4.78, 5) is 15.8. The summed E-state index contributed by atoms with van der Waals surface area (Å²) in [7, 11) is 0. The van der Waals surface area contributed by atoms with Crippen molar-refractivity contribution >= 4 is 5.91 Å². The highest BCUT2D eigenvalue weighted by atomic mass is 19.2. The largest absolute Gasteiger partial charge is 0.389 e. The maximum atomic E-state index is 13.7. The minimum atomic E-state index is -1.10. The number of aliphatic hydroxyl groups excluding tert-OH is 1. The van der Waals surface area contributed by atoms with Gasteiger partial charge in [-0.1, -0.05) is 6.07 Å². The van der Waals surface area contributed by atoms with Gasteiger partial charge in [-0.25, -0.2) is 8.78 Å². The molecule has 7 heteroatoms. The van der Waals surface area contributed by atoms with Gasteiger partial charge in [-0.2, -0.15) is 0 Å². The first-order chi connectivity index (χ1) is 11.0. The number of amides is 1. The summed E-state index contributed by atoms with van der Waals surface area (Å²) in [5, 5.41) is 9.81. The first-order valence-corrected chi connectivity index (χ1v) is 7.74. The van der Waals surface area contributed by atoms with E-state index in [2.05, 4.69) is 0 Å². The van der Waals surface area contributed by atoms with Gasteiger partial charge >= 0.3 is 0 Å². The Balaban J connectivity index is 1.86. The highest BCUT2D eigenvalue weighted by Crippen LogP contribution is 2.15. The Labute approximate surface area is 134 Å². The molecule has 5 nitrogen and oxygen atoms in total. The second-order valence-corrected chi connectivity index (χ2v) is 5.51. The van der Waals surface area contributed by atoms with Gasteiger partial charge in [-0.3, -0.25) is 9.69 Å². The minimum Gasteiger partial charge on any atom is -0.389 e. The van der Waals surface area contributed by atoms with E-state index in [4.69, 9.17) is 4.74 Å². The van der Waals surface area contributed by atoms with Crippen LogP contribution in [0.1, 0.15) is 17.3 Å². The SMILES string of the molecule is CCOC[C@H](O)CN1CCN(C(=O)c2cccc(F)c2F)CC1. The van der Waals surface area contributed by atoms with Crippen LogP contribution in [0.4, 0.5) is 8.78 Å². The molecule has 0 aromatic heterocycles. The number of nitrogens with zero attached hydrogens (tertiary/aromatic N) is 2. The van der Waals surface area contributed by atoms with Crippen LogP contribution in [0, 0.1) is 11.6 Å². The number of hydrogen-bond donors (Lipinski definition) is 1. The Morgan fingerprint density at radius 1 is 1.30 bits per heavy atom. The van der Waals surface area contributed by atoms with Crippen molar-refractivity contribution in [1.29, 1.82) is 0 Å². The maximum Gasteiger partial charge on any atom is 0.257 e. The van der Waals surface area contributed by atoms with E-state index in [1.54, 1.807) is 0 Å². The van der Waals surface area contributed by atoms with Crippen LogP contribution in [-0.2, 0) is 4.74 Å². The number of benzene rings is 1. The molecule has 1 heterocycles. The molecule has 2 rings (SSSR count). The van der Waals surface area contributed by atoms with Crippen molar-refractivity contribution in [3.63, 3.8) is 0 Å². The van der Waals surface area contributed by atoms with Gasteiger partial charge in [0.2, 0.25) is 0 Å². The van der Waals surface area contributed by atoms with E-state index in [1.165, 1.54) is 17.0 Å². The minimum absolute atomic E-state index is 0.241. The number of β-amino-alcohol motifs (C(OH)–C–C–N with tert-alkyl or cyclic N) is 1. The van der Waals surface area contributed by atoms with Crippen molar-refractivity contribution in [2.75, 3.05) is 45.9 Å². The van der Waals surface area contributed by atoms with Crippen molar-refractivity contribution < 1.29 is 23.4 Å². The third-order valence-electron chi connectivity index (χ3n) is 3.82. The van der Waals surface area contributed by atoms with Gasteiger partial charge in [0.25, 0.3) is 5.91 Å². The van der Waals surface area contributed by atoms with Crippen molar-refractivity contribution in [2.45, 2.75) is 13.0 Å². The number of rotatable bonds is 6. The molecular weight excluding hydrogens is 306 g/mol. The zero-order valence-electron chi connectivity index (χ0n) is 13.2. The summed E-state index contributed by atoms with van der Waals surface area (Å²) < 4.78 is 32.1. The smallest absolute Gasteiger partial charge is 0.257 e. The molecule has 0 spiro atoms. The molecule has 1 aliphatic heterocycles. The Morgan fingerprint density at radius 2 is 2.00 bits per heavy atom. The number of carbonyl (C=O) groups is 1. The predicted molar refractivity (Wildman–Crippen MR) is 81.2 cm³/mol. The summed E-state index contributed by atoms with van der Waals surface area (Å²) in [5.74, 6) is -2.63. The zero-order chi connectivity index (χ0) is 16.8. The van der Waals surface area contributed by atoms with E-state index < -0.39 is 23.6 Å². The molecule has 1 atom stereocenters. The Hall–Kier alpha value is -1.57. The van der Waals surface area contributed by atoms with E-state index in [-0.39, 0.29) is 12.2 Å². The quantitative estimate of drug-likeness (QED) is 0.850. The van der Waals surface area contributed by atoms with E-state index in [1.807, 2.05) is 11.8 Å². The number of halogens is 2. The molecule has 0 aliphatic carbocycles. The van der Waals surface area contributed by atoms with E-state index in [0.717, 1.165) is 6.07 Å². The van der Waals surface area contributed by atoms with Gasteiger partial charge < -0.3 is 14.7 Å². The third-order valence-corrected chi connectivity index (χ3v) is 3.82. The summed E-state index contributed by atoms with van der Waals surface area (Å²) in [6.07, 6.45) is -0.571. The van der Waals surface area contributed by atoms with Crippen molar-refractivity contribution in [1.82, 2.24) is 9.80 Å². The molecule has 1 aromatic rings. The lowest BCUT2D eigenvalue weighted by atomic mass is 10.1. The molecule has 128 valence electrons. The van der Waals surface area contributed by atoms with Crippen molar-refractivity contribution in [2.24, 2.45) is 0 Å². The number of aliphatic hydroxyl groups is 1. The van der Waals surface area contributed by atoms with Crippen LogP contribution in [0.15, 0.2) is 18.2 Å². The second kappa shape index (κ2) is 8.33. The summed E-state index contributed by atoms with van der Waals surface area (Å²) in [6, 6.07) is 3.61. The van der Waals surface area contributed by atoms with Crippen LogP contribution >= 0.6 is 0 Å². The lowest BCUT2D eigenvalue weighted by Crippen LogP contribution is -2.51. The second-order valence-electron chi connectivity index (χ2n) is 5.51. The summed E-state index contributed by atoms with van der Waals surface area (Å²) in [6.45, 7) is 5.14. The highest BCUT2D eigenvalue weighted by molar-refractivity contribution is 5.94. The van der Waals surface area contributed by atoms with E-state index >= 15 is 0 Å². The third kappa shape index (κ3) is 4.70. The number of carbonyl (C=O) groups excluding carboxylic acids is 1. The summed E-state index contributed by atoms with van der Waals surface area (Å²) >= 11 is 0. The van der Waals surface area contributed by atoms with Crippen LogP contribution < -0.4 is 0 Å². The van der Waals surface area contributed by atoms with E-state index in [9.17, 15) is 18.7 Å². The lowest BCUT2D eigenvalue weighted by Gasteiger charge is -2.35. The topological polar surface area (TPSA) is 53.0 Å². The van der Waals surface area contributed by atoms with Crippen LogP contribution in [-0.4, -0.2) is 72.9 Å². The molecular formula is C16H22F2N2O3. The molecule has 1 aromatic carbocycles. The van der Waals surface area contributed by atoms with Crippen LogP contribution in [0.3, 0.4) is 0 Å². The van der Waals surface area contributed by atoms with Gasteiger partial charge in [-0.15, -0.1) is 0 Å². The number of piperazine rings is 1. The molecule has 0 bridgehead atoms. The average Bonchev–Trinajstić information content (AvgIpc) is 2.55. The fourth-order valence-electron chi connectivity index (χ4n) is 2.58. The van der Waals surface area contributed by atoms with Gasteiger partial charge in [0.05, 0.1) is 18.3 Å².